The Hall–Kier alpha value is -0.610. The largest absolute Gasteiger partial charge is 0.375 e. The van der Waals surface area contributed by atoms with Crippen LogP contribution < -0.4 is 5.32 Å². The molecule has 0 aromatic heterocycles. The van der Waals surface area contributed by atoms with Gasteiger partial charge in [0.1, 0.15) is 0 Å². The van der Waals surface area contributed by atoms with Crippen molar-refractivity contribution in [3.63, 3.8) is 0 Å². The molecule has 3 aliphatic rings. The Morgan fingerprint density at radius 3 is 2.80 bits per heavy atom. The van der Waals surface area contributed by atoms with E-state index in [-0.39, 0.29) is 11.9 Å². The minimum atomic E-state index is 0.0864. The molecule has 3 rings (SSSR count). The van der Waals surface area contributed by atoms with Crippen molar-refractivity contribution in [2.24, 2.45) is 5.92 Å². The third-order valence-corrected chi connectivity index (χ3v) is 5.28. The molecule has 4 unspecified atom stereocenters. The first-order valence-corrected chi connectivity index (χ1v) is 8.34. The Morgan fingerprint density at radius 2 is 2.15 bits per heavy atom. The van der Waals surface area contributed by atoms with Gasteiger partial charge in [-0.2, -0.15) is 0 Å². The van der Waals surface area contributed by atoms with Gasteiger partial charge in [-0.1, -0.05) is 6.42 Å². The zero-order chi connectivity index (χ0) is 14.1. The van der Waals surface area contributed by atoms with Gasteiger partial charge in [0.05, 0.1) is 18.2 Å². The van der Waals surface area contributed by atoms with Crippen LogP contribution >= 0.6 is 0 Å². The highest BCUT2D eigenvalue weighted by molar-refractivity contribution is 5.81. The van der Waals surface area contributed by atoms with Gasteiger partial charge < -0.3 is 10.1 Å². The van der Waals surface area contributed by atoms with Gasteiger partial charge in [0, 0.05) is 18.5 Å². The average molecular weight is 280 g/mol. The number of nitrogens with zero attached hydrogens (tertiary/aromatic N) is 1. The molecular weight excluding hydrogens is 252 g/mol. The van der Waals surface area contributed by atoms with E-state index in [0.717, 1.165) is 25.9 Å². The zero-order valence-electron chi connectivity index (χ0n) is 12.8. The molecule has 0 aromatic carbocycles. The smallest absolute Gasteiger partial charge is 0.237 e. The van der Waals surface area contributed by atoms with E-state index in [1.54, 1.807) is 0 Å². The summed E-state index contributed by atoms with van der Waals surface area (Å²) in [5.74, 6) is 0.787. The van der Waals surface area contributed by atoms with Crippen LogP contribution in [0.1, 0.15) is 52.4 Å². The van der Waals surface area contributed by atoms with Crippen LogP contribution in [0.2, 0.25) is 0 Å². The number of hydrogen-bond donors (Lipinski definition) is 1. The highest BCUT2D eigenvalue weighted by atomic mass is 16.5. The van der Waals surface area contributed by atoms with Crippen LogP contribution in [0.25, 0.3) is 0 Å². The Balaban J connectivity index is 1.50. The topological polar surface area (TPSA) is 41.6 Å². The number of likely N-dealkylation sites (tertiary alicyclic amines) is 1. The summed E-state index contributed by atoms with van der Waals surface area (Å²) in [4.78, 5) is 14.8. The Kier molecular flexibility index (Phi) is 4.32. The van der Waals surface area contributed by atoms with Crippen LogP contribution in [0.3, 0.4) is 0 Å². The molecule has 3 heterocycles. The monoisotopic (exact) mass is 280 g/mol. The van der Waals surface area contributed by atoms with Crippen molar-refractivity contribution in [1.29, 1.82) is 0 Å². The minimum absolute atomic E-state index is 0.0864. The number of ether oxygens (including phenoxy) is 1. The van der Waals surface area contributed by atoms with E-state index in [1.165, 1.54) is 25.7 Å². The molecule has 4 nitrogen and oxygen atoms in total. The van der Waals surface area contributed by atoms with Crippen LogP contribution in [0.4, 0.5) is 0 Å². The van der Waals surface area contributed by atoms with Gasteiger partial charge in [-0.15, -0.1) is 0 Å². The maximum Gasteiger partial charge on any atom is 0.237 e. The summed E-state index contributed by atoms with van der Waals surface area (Å²) in [7, 11) is 0. The van der Waals surface area contributed by atoms with E-state index in [9.17, 15) is 4.79 Å². The molecule has 114 valence electrons. The number of fused-ring (bicyclic) bond motifs is 2. The summed E-state index contributed by atoms with van der Waals surface area (Å²) in [6.07, 6.45) is 7.85. The maximum absolute atomic E-state index is 12.5. The highest BCUT2D eigenvalue weighted by Crippen LogP contribution is 2.38. The first kappa shape index (κ1) is 14.3. The van der Waals surface area contributed by atoms with Gasteiger partial charge in [-0.05, 0) is 52.5 Å². The van der Waals surface area contributed by atoms with Crippen molar-refractivity contribution in [2.45, 2.75) is 76.7 Å². The number of rotatable bonds is 4. The second-order valence-corrected chi connectivity index (χ2v) is 6.96. The van der Waals surface area contributed by atoms with Crippen LogP contribution in [-0.2, 0) is 9.53 Å². The van der Waals surface area contributed by atoms with E-state index in [1.807, 2.05) is 0 Å². The molecular formula is C16H28N2O2. The molecule has 3 aliphatic heterocycles. The fourth-order valence-electron chi connectivity index (χ4n) is 4.16. The van der Waals surface area contributed by atoms with Gasteiger partial charge in [-0.3, -0.25) is 9.69 Å². The quantitative estimate of drug-likeness (QED) is 0.855. The summed E-state index contributed by atoms with van der Waals surface area (Å²) in [6, 6.07) is 0.542. The van der Waals surface area contributed by atoms with Crippen LogP contribution in [0.5, 0.6) is 0 Å². The van der Waals surface area contributed by atoms with Crippen molar-refractivity contribution < 1.29 is 9.53 Å². The number of nitrogens with one attached hydrogen (secondary N) is 1. The van der Waals surface area contributed by atoms with E-state index in [4.69, 9.17) is 4.74 Å². The summed E-state index contributed by atoms with van der Waals surface area (Å²) >= 11 is 0. The second-order valence-electron chi connectivity index (χ2n) is 6.96. The minimum Gasteiger partial charge on any atom is -0.375 e. The van der Waals surface area contributed by atoms with E-state index in [2.05, 4.69) is 24.1 Å². The second kappa shape index (κ2) is 6.02. The normalized spacial score (nSPS) is 37.5. The Labute approximate surface area is 122 Å². The first-order chi connectivity index (χ1) is 9.65. The maximum atomic E-state index is 12.5. The Bertz CT molecular complexity index is 358. The predicted molar refractivity (Wildman–Crippen MR) is 78.5 cm³/mol. The first-order valence-electron chi connectivity index (χ1n) is 8.34. The lowest BCUT2D eigenvalue weighted by atomic mass is 9.89. The lowest BCUT2D eigenvalue weighted by Crippen LogP contribution is -2.52. The third kappa shape index (κ3) is 2.86. The third-order valence-electron chi connectivity index (χ3n) is 5.28. The molecule has 0 spiro atoms. The van der Waals surface area contributed by atoms with E-state index in [0.29, 0.717) is 24.2 Å². The predicted octanol–water partition coefficient (Wildman–Crippen LogP) is 1.93. The molecule has 20 heavy (non-hydrogen) atoms. The Morgan fingerprint density at radius 1 is 1.30 bits per heavy atom. The van der Waals surface area contributed by atoms with Gasteiger partial charge >= 0.3 is 0 Å². The molecule has 1 amide bonds. The van der Waals surface area contributed by atoms with Gasteiger partial charge in [0.15, 0.2) is 0 Å². The molecule has 0 aliphatic carbocycles. The summed E-state index contributed by atoms with van der Waals surface area (Å²) < 4.78 is 5.86. The van der Waals surface area contributed by atoms with E-state index >= 15 is 0 Å². The van der Waals surface area contributed by atoms with E-state index < -0.39 is 0 Å². The number of hydrogen-bond acceptors (Lipinski definition) is 3. The summed E-state index contributed by atoms with van der Waals surface area (Å²) in [5, 5.41) is 3.20. The lowest BCUT2D eigenvalue weighted by molar-refractivity contribution is -0.128. The zero-order valence-corrected chi connectivity index (χ0v) is 12.8. The van der Waals surface area contributed by atoms with Gasteiger partial charge in [0.25, 0.3) is 0 Å². The molecule has 2 bridgehead atoms. The SMILES string of the molecule is CC(C)N1CCCCC1C(=O)NCC1CC2CCC1O2. The number of piperidine rings is 1. The van der Waals surface area contributed by atoms with Crippen molar-refractivity contribution in [3.8, 4) is 0 Å². The molecule has 4 atom stereocenters. The number of carbonyl (C=O) groups is 1. The van der Waals surface area contributed by atoms with Crippen molar-refractivity contribution >= 4 is 5.91 Å². The van der Waals surface area contributed by atoms with Crippen LogP contribution in [-0.4, -0.2) is 48.2 Å². The molecule has 3 saturated heterocycles. The number of amides is 1. The summed E-state index contributed by atoms with van der Waals surface area (Å²) in [5.41, 5.74) is 0. The van der Waals surface area contributed by atoms with Crippen molar-refractivity contribution in [3.05, 3.63) is 0 Å². The summed E-state index contributed by atoms with van der Waals surface area (Å²) in [6.45, 7) is 6.25. The van der Waals surface area contributed by atoms with Gasteiger partial charge in [0.2, 0.25) is 5.91 Å². The lowest BCUT2D eigenvalue weighted by Gasteiger charge is -2.37. The number of carbonyl (C=O) groups excluding carboxylic acids is 1. The van der Waals surface area contributed by atoms with Gasteiger partial charge in [-0.25, -0.2) is 0 Å². The molecule has 0 aromatic rings. The van der Waals surface area contributed by atoms with Crippen LogP contribution in [0.15, 0.2) is 0 Å². The average Bonchev–Trinajstić information content (AvgIpc) is 3.07. The fraction of sp³-hybridized carbons (Fsp3) is 0.938. The van der Waals surface area contributed by atoms with Crippen molar-refractivity contribution in [1.82, 2.24) is 10.2 Å². The molecule has 0 radical (unpaired) electrons. The molecule has 4 heteroatoms. The molecule has 1 N–H and O–H groups in total. The fourth-order valence-corrected chi connectivity index (χ4v) is 4.16. The highest BCUT2D eigenvalue weighted by Gasteiger charge is 2.41. The van der Waals surface area contributed by atoms with Crippen molar-refractivity contribution in [2.75, 3.05) is 13.1 Å². The molecule has 0 saturated carbocycles. The van der Waals surface area contributed by atoms with Crippen LogP contribution in [0, 0.1) is 5.92 Å². The molecule has 3 fully saturated rings. The standard InChI is InChI=1S/C16H28N2O2/c1-11(2)18-8-4-3-5-14(18)16(19)17-10-12-9-13-6-7-15(12)20-13/h11-15H,3-10H2,1-2H3,(H,17,19).